The van der Waals surface area contributed by atoms with Gasteiger partial charge in [0.25, 0.3) is 11.8 Å². The molecule has 5 heteroatoms. The van der Waals surface area contributed by atoms with Crippen molar-refractivity contribution >= 4 is 23.4 Å². The smallest absolute Gasteiger partial charge is 0.266 e. The Morgan fingerprint density at radius 2 is 1.50 bits per heavy atom. The van der Waals surface area contributed by atoms with Crippen molar-refractivity contribution in [3.05, 3.63) is 65.2 Å². The van der Waals surface area contributed by atoms with Crippen molar-refractivity contribution in [2.75, 3.05) is 4.90 Å². The van der Waals surface area contributed by atoms with Gasteiger partial charge in [-0.1, -0.05) is 24.3 Å². The standard InChI is InChI=1S/C19H18N2O3/c1-12(2)20-17(22)11-13-7-9-14(10-8-13)21-18(23)15-5-3-4-6-16(15)19(21)24/h3-10,12H,11H2,1-2H3,(H,20,22). The van der Waals surface area contributed by atoms with Gasteiger partial charge in [-0.05, 0) is 43.7 Å². The summed E-state index contributed by atoms with van der Waals surface area (Å²) in [6, 6.07) is 13.8. The van der Waals surface area contributed by atoms with E-state index in [1.54, 1.807) is 48.5 Å². The maximum Gasteiger partial charge on any atom is 0.266 e. The van der Waals surface area contributed by atoms with Gasteiger partial charge in [0.05, 0.1) is 23.2 Å². The number of hydrogen-bond donors (Lipinski definition) is 1. The topological polar surface area (TPSA) is 66.5 Å². The van der Waals surface area contributed by atoms with Crippen molar-refractivity contribution < 1.29 is 14.4 Å². The number of benzene rings is 2. The Morgan fingerprint density at radius 1 is 0.958 bits per heavy atom. The van der Waals surface area contributed by atoms with Gasteiger partial charge in [0, 0.05) is 6.04 Å². The third-order valence-electron chi connectivity index (χ3n) is 3.80. The van der Waals surface area contributed by atoms with Crippen LogP contribution in [0.15, 0.2) is 48.5 Å². The molecule has 2 aromatic rings. The summed E-state index contributed by atoms with van der Waals surface area (Å²) in [5.74, 6) is -0.694. The molecule has 3 rings (SSSR count). The Kier molecular flexibility index (Phi) is 4.16. The Morgan fingerprint density at radius 3 is 2.00 bits per heavy atom. The number of anilines is 1. The van der Waals surface area contributed by atoms with E-state index >= 15 is 0 Å². The van der Waals surface area contributed by atoms with Crippen LogP contribution in [0.5, 0.6) is 0 Å². The molecule has 0 bridgehead atoms. The van der Waals surface area contributed by atoms with E-state index in [0.29, 0.717) is 16.8 Å². The molecule has 0 saturated carbocycles. The number of hydrogen-bond acceptors (Lipinski definition) is 3. The van der Waals surface area contributed by atoms with Crippen molar-refractivity contribution in [2.45, 2.75) is 26.3 Å². The Balaban J connectivity index is 1.79. The molecule has 122 valence electrons. The summed E-state index contributed by atoms with van der Waals surface area (Å²) in [5.41, 5.74) is 2.17. The zero-order valence-corrected chi connectivity index (χ0v) is 13.6. The summed E-state index contributed by atoms with van der Waals surface area (Å²) in [7, 11) is 0. The fraction of sp³-hybridized carbons (Fsp3) is 0.211. The first kappa shape index (κ1) is 15.9. The lowest BCUT2D eigenvalue weighted by molar-refractivity contribution is -0.120. The highest BCUT2D eigenvalue weighted by molar-refractivity contribution is 6.34. The second-order valence-corrected chi connectivity index (χ2v) is 6.06. The SMILES string of the molecule is CC(C)NC(=O)Cc1ccc(N2C(=O)c3ccccc3C2=O)cc1. The van der Waals surface area contributed by atoms with E-state index in [4.69, 9.17) is 0 Å². The van der Waals surface area contributed by atoms with Crippen molar-refractivity contribution in [3.63, 3.8) is 0 Å². The molecule has 1 aliphatic heterocycles. The first-order valence-electron chi connectivity index (χ1n) is 7.83. The minimum absolute atomic E-state index is 0.0570. The Bertz CT molecular complexity index is 775. The van der Waals surface area contributed by atoms with Crippen LogP contribution in [-0.4, -0.2) is 23.8 Å². The van der Waals surface area contributed by atoms with Gasteiger partial charge in [0.15, 0.2) is 0 Å². The van der Waals surface area contributed by atoms with Crippen LogP contribution >= 0.6 is 0 Å². The molecular weight excluding hydrogens is 304 g/mol. The number of imide groups is 1. The maximum atomic E-state index is 12.4. The molecule has 1 N–H and O–H groups in total. The van der Waals surface area contributed by atoms with Gasteiger partial charge < -0.3 is 5.32 Å². The molecule has 0 aliphatic carbocycles. The molecule has 1 heterocycles. The number of amides is 3. The summed E-state index contributed by atoms with van der Waals surface area (Å²) in [6.07, 6.45) is 0.264. The second-order valence-electron chi connectivity index (χ2n) is 6.06. The number of rotatable bonds is 4. The Hall–Kier alpha value is -2.95. The summed E-state index contributed by atoms with van der Waals surface area (Å²) < 4.78 is 0. The summed E-state index contributed by atoms with van der Waals surface area (Å²) in [4.78, 5) is 37.8. The van der Waals surface area contributed by atoms with Crippen molar-refractivity contribution in [1.29, 1.82) is 0 Å². The highest BCUT2D eigenvalue weighted by atomic mass is 16.2. The molecule has 0 unspecified atom stereocenters. The number of nitrogens with one attached hydrogen (secondary N) is 1. The molecule has 2 aromatic carbocycles. The van der Waals surface area contributed by atoms with Crippen LogP contribution < -0.4 is 10.2 Å². The van der Waals surface area contributed by atoms with Crippen LogP contribution in [0.25, 0.3) is 0 Å². The van der Waals surface area contributed by atoms with Crippen LogP contribution in [-0.2, 0) is 11.2 Å². The largest absolute Gasteiger partial charge is 0.354 e. The highest BCUT2D eigenvalue weighted by Gasteiger charge is 2.36. The molecule has 3 amide bonds. The van der Waals surface area contributed by atoms with Crippen LogP contribution in [0, 0.1) is 0 Å². The third-order valence-corrected chi connectivity index (χ3v) is 3.80. The van der Waals surface area contributed by atoms with E-state index in [2.05, 4.69) is 5.32 Å². The number of carbonyl (C=O) groups excluding carboxylic acids is 3. The predicted octanol–water partition coefficient (Wildman–Crippen LogP) is 2.55. The zero-order chi connectivity index (χ0) is 17.3. The van der Waals surface area contributed by atoms with Crippen molar-refractivity contribution in [3.8, 4) is 0 Å². The first-order valence-corrected chi connectivity index (χ1v) is 7.83. The van der Waals surface area contributed by atoms with Gasteiger partial charge in [0.2, 0.25) is 5.91 Å². The van der Waals surface area contributed by atoms with E-state index in [0.717, 1.165) is 5.56 Å². The van der Waals surface area contributed by atoms with Crippen LogP contribution in [0.4, 0.5) is 5.69 Å². The number of nitrogens with zero attached hydrogens (tertiary/aromatic N) is 1. The third kappa shape index (κ3) is 2.93. The number of fused-ring (bicyclic) bond motifs is 1. The van der Waals surface area contributed by atoms with E-state index in [1.807, 2.05) is 13.8 Å². The molecular formula is C19H18N2O3. The average Bonchev–Trinajstić information content (AvgIpc) is 2.80. The number of carbonyl (C=O) groups is 3. The van der Waals surface area contributed by atoms with Crippen molar-refractivity contribution in [1.82, 2.24) is 5.32 Å². The molecule has 0 radical (unpaired) electrons. The van der Waals surface area contributed by atoms with Crippen LogP contribution in [0.3, 0.4) is 0 Å². The van der Waals surface area contributed by atoms with Crippen LogP contribution in [0.1, 0.15) is 40.1 Å². The second kappa shape index (κ2) is 6.28. The molecule has 5 nitrogen and oxygen atoms in total. The summed E-state index contributed by atoms with van der Waals surface area (Å²) in [5, 5.41) is 2.83. The molecule has 24 heavy (non-hydrogen) atoms. The van der Waals surface area contributed by atoms with E-state index in [9.17, 15) is 14.4 Å². The summed E-state index contributed by atoms with van der Waals surface area (Å²) >= 11 is 0. The van der Waals surface area contributed by atoms with Gasteiger partial charge in [-0.3, -0.25) is 14.4 Å². The molecule has 0 atom stereocenters. The van der Waals surface area contributed by atoms with Gasteiger partial charge in [-0.25, -0.2) is 4.90 Å². The first-order chi connectivity index (χ1) is 11.5. The van der Waals surface area contributed by atoms with Crippen LogP contribution in [0.2, 0.25) is 0 Å². The van der Waals surface area contributed by atoms with E-state index in [-0.39, 0.29) is 30.2 Å². The summed E-state index contributed by atoms with van der Waals surface area (Å²) in [6.45, 7) is 3.81. The molecule has 0 fully saturated rings. The van der Waals surface area contributed by atoms with Crippen molar-refractivity contribution in [2.24, 2.45) is 0 Å². The van der Waals surface area contributed by atoms with E-state index in [1.165, 1.54) is 4.90 Å². The average molecular weight is 322 g/mol. The molecule has 0 spiro atoms. The van der Waals surface area contributed by atoms with Gasteiger partial charge in [0.1, 0.15) is 0 Å². The normalized spacial score (nSPS) is 13.4. The highest BCUT2D eigenvalue weighted by Crippen LogP contribution is 2.28. The lowest BCUT2D eigenvalue weighted by atomic mass is 10.1. The Labute approximate surface area is 140 Å². The minimum Gasteiger partial charge on any atom is -0.354 e. The molecule has 0 aromatic heterocycles. The lowest BCUT2D eigenvalue weighted by Gasteiger charge is -2.14. The van der Waals surface area contributed by atoms with Gasteiger partial charge in [-0.2, -0.15) is 0 Å². The van der Waals surface area contributed by atoms with Gasteiger partial charge in [-0.15, -0.1) is 0 Å². The molecule has 0 saturated heterocycles. The minimum atomic E-state index is -0.319. The fourth-order valence-electron chi connectivity index (χ4n) is 2.75. The van der Waals surface area contributed by atoms with Gasteiger partial charge >= 0.3 is 0 Å². The molecule has 1 aliphatic rings. The quantitative estimate of drug-likeness (QED) is 0.880. The fourth-order valence-corrected chi connectivity index (χ4v) is 2.75. The van der Waals surface area contributed by atoms with E-state index < -0.39 is 0 Å². The zero-order valence-electron chi connectivity index (χ0n) is 13.6. The monoisotopic (exact) mass is 322 g/mol. The predicted molar refractivity (Wildman–Crippen MR) is 91.0 cm³/mol. The maximum absolute atomic E-state index is 12.4. The lowest BCUT2D eigenvalue weighted by Crippen LogP contribution is -2.31.